The number of alkyl halides is 2. The number of halogens is 3. The van der Waals surface area contributed by atoms with Crippen molar-refractivity contribution in [1.29, 1.82) is 5.26 Å². The first-order chi connectivity index (χ1) is 10.0. The lowest BCUT2D eigenvalue weighted by Gasteiger charge is -2.12. The zero-order valence-electron chi connectivity index (χ0n) is 10.5. The summed E-state index contributed by atoms with van der Waals surface area (Å²) in [6.45, 7) is -3.18. The minimum atomic E-state index is -3.18. The average Bonchev–Trinajstić information content (AvgIpc) is 2.44. The van der Waals surface area contributed by atoms with Crippen LogP contribution in [0.15, 0.2) is 36.4 Å². The molecule has 0 unspecified atom stereocenters. The van der Waals surface area contributed by atoms with E-state index < -0.39 is 18.2 Å². The Bertz CT molecular complexity index is 699. The van der Waals surface area contributed by atoms with Gasteiger partial charge in [-0.3, -0.25) is 0 Å². The first-order valence-corrected chi connectivity index (χ1v) is 5.72. The molecule has 2 aromatic rings. The van der Waals surface area contributed by atoms with Crippen LogP contribution in [0.2, 0.25) is 0 Å². The summed E-state index contributed by atoms with van der Waals surface area (Å²) in [4.78, 5) is 0. The first-order valence-electron chi connectivity index (χ1n) is 5.72. The Morgan fingerprint density at radius 1 is 1.10 bits per heavy atom. The summed E-state index contributed by atoms with van der Waals surface area (Å²) >= 11 is 0. The van der Waals surface area contributed by atoms with E-state index in [0.29, 0.717) is 0 Å². The molecule has 0 heterocycles. The summed E-state index contributed by atoms with van der Waals surface area (Å²) in [5, 5.41) is 8.94. The van der Waals surface area contributed by atoms with Gasteiger partial charge >= 0.3 is 6.61 Å². The molecule has 108 valence electrons. The van der Waals surface area contributed by atoms with Crippen LogP contribution in [0.5, 0.6) is 17.2 Å². The molecule has 0 aliphatic heterocycles. The van der Waals surface area contributed by atoms with Crippen molar-refractivity contribution < 1.29 is 22.6 Å². The van der Waals surface area contributed by atoms with Crippen molar-refractivity contribution in [1.82, 2.24) is 0 Å². The number of ether oxygens (including phenoxy) is 2. The third kappa shape index (κ3) is 3.36. The van der Waals surface area contributed by atoms with Crippen LogP contribution in [0.1, 0.15) is 5.56 Å². The van der Waals surface area contributed by atoms with Gasteiger partial charge in [-0.2, -0.15) is 14.0 Å². The average molecular weight is 294 g/mol. The molecule has 0 aromatic heterocycles. The van der Waals surface area contributed by atoms with Crippen molar-refractivity contribution in [2.24, 2.45) is 0 Å². The number of hydrogen-bond donors (Lipinski definition) is 1. The summed E-state index contributed by atoms with van der Waals surface area (Å²) in [5.74, 6) is -1.64. The maximum absolute atomic E-state index is 13.4. The highest BCUT2D eigenvalue weighted by molar-refractivity contribution is 5.58. The Morgan fingerprint density at radius 2 is 1.81 bits per heavy atom. The van der Waals surface area contributed by atoms with Crippen molar-refractivity contribution in [2.45, 2.75) is 6.61 Å². The van der Waals surface area contributed by atoms with Crippen LogP contribution in [0.4, 0.5) is 18.9 Å². The fourth-order valence-electron chi connectivity index (χ4n) is 1.59. The lowest BCUT2D eigenvalue weighted by Crippen LogP contribution is -2.05. The van der Waals surface area contributed by atoms with E-state index in [9.17, 15) is 13.2 Å². The molecule has 0 saturated carbocycles. The quantitative estimate of drug-likeness (QED) is 0.873. The molecule has 0 bridgehead atoms. The van der Waals surface area contributed by atoms with Crippen molar-refractivity contribution in [3.8, 4) is 23.3 Å². The van der Waals surface area contributed by atoms with Crippen molar-refractivity contribution in [3.05, 3.63) is 47.8 Å². The monoisotopic (exact) mass is 294 g/mol. The van der Waals surface area contributed by atoms with Gasteiger partial charge in [0.15, 0.2) is 17.3 Å². The minimum Gasteiger partial charge on any atom is -0.454 e. The minimum absolute atomic E-state index is 0.0882. The Hall–Kier alpha value is -2.88. The Labute approximate surface area is 118 Å². The molecule has 0 radical (unpaired) electrons. The molecule has 2 N–H and O–H groups in total. The van der Waals surface area contributed by atoms with Crippen LogP contribution in [0, 0.1) is 17.1 Å². The Kier molecular flexibility index (Phi) is 4.18. The number of nitrogen functional groups attached to an aromatic ring is 1. The van der Waals surface area contributed by atoms with Crippen LogP contribution >= 0.6 is 0 Å². The van der Waals surface area contributed by atoms with E-state index in [-0.39, 0.29) is 22.7 Å². The highest BCUT2D eigenvalue weighted by Crippen LogP contribution is 2.35. The normalized spacial score (nSPS) is 10.2. The third-order valence-electron chi connectivity index (χ3n) is 2.51. The molecule has 0 atom stereocenters. The third-order valence-corrected chi connectivity index (χ3v) is 2.51. The second-order valence-electron chi connectivity index (χ2n) is 3.91. The molecule has 0 fully saturated rings. The van der Waals surface area contributed by atoms with Gasteiger partial charge in [-0.1, -0.05) is 12.1 Å². The van der Waals surface area contributed by atoms with Gasteiger partial charge in [0.2, 0.25) is 0 Å². The first kappa shape index (κ1) is 14.5. The summed E-state index contributed by atoms with van der Waals surface area (Å²) in [6.07, 6.45) is 0. The molecule has 2 rings (SSSR count). The van der Waals surface area contributed by atoms with E-state index in [1.165, 1.54) is 12.1 Å². The van der Waals surface area contributed by atoms with Gasteiger partial charge in [0.1, 0.15) is 11.8 Å². The molecule has 0 saturated heterocycles. The highest BCUT2D eigenvalue weighted by Gasteiger charge is 2.15. The van der Waals surface area contributed by atoms with Gasteiger partial charge in [0, 0.05) is 12.1 Å². The van der Waals surface area contributed by atoms with Crippen LogP contribution < -0.4 is 15.2 Å². The molecule has 2 aromatic carbocycles. The number of hydrogen-bond acceptors (Lipinski definition) is 4. The largest absolute Gasteiger partial charge is 0.454 e. The zero-order chi connectivity index (χ0) is 15.4. The van der Waals surface area contributed by atoms with E-state index in [0.717, 1.165) is 12.1 Å². The van der Waals surface area contributed by atoms with Crippen molar-refractivity contribution in [2.75, 3.05) is 5.73 Å². The number of nitrogens with two attached hydrogens (primary N) is 1. The van der Waals surface area contributed by atoms with Crippen LogP contribution in [-0.2, 0) is 0 Å². The zero-order valence-corrected chi connectivity index (χ0v) is 10.5. The fraction of sp³-hybridized carbons (Fsp3) is 0.0714. The Morgan fingerprint density at radius 3 is 2.48 bits per heavy atom. The van der Waals surface area contributed by atoms with Gasteiger partial charge in [-0.05, 0) is 12.1 Å². The maximum atomic E-state index is 13.4. The fourth-order valence-corrected chi connectivity index (χ4v) is 1.59. The standard InChI is InChI=1S/C14H9F3N2O2/c15-9-5-10(19)13(6-12(9)21-14(16)17)20-11-4-2-1-3-8(11)7-18/h1-6,14H,19H2. The Balaban J connectivity index is 2.38. The van der Waals surface area contributed by atoms with Gasteiger partial charge in [-0.25, -0.2) is 4.39 Å². The smallest absolute Gasteiger partial charge is 0.387 e. The van der Waals surface area contributed by atoms with Crippen LogP contribution in [0.25, 0.3) is 0 Å². The second-order valence-corrected chi connectivity index (χ2v) is 3.91. The summed E-state index contributed by atoms with van der Waals surface area (Å²) in [6, 6.07) is 9.87. The summed E-state index contributed by atoms with van der Waals surface area (Å²) in [5.41, 5.74) is 5.68. The highest BCUT2D eigenvalue weighted by atomic mass is 19.3. The van der Waals surface area contributed by atoms with Gasteiger partial charge in [-0.15, -0.1) is 0 Å². The number of nitriles is 1. The van der Waals surface area contributed by atoms with E-state index in [1.807, 2.05) is 6.07 Å². The topological polar surface area (TPSA) is 68.3 Å². The number of anilines is 1. The molecule has 0 aliphatic rings. The summed E-state index contributed by atoms with van der Waals surface area (Å²) < 4.78 is 47.2. The molecular formula is C14H9F3N2O2. The molecule has 4 nitrogen and oxygen atoms in total. The van der Waals surface area contributed by atoms with E-state index >= 15 is 0 Å². The predicted octanol–water partition coefficient (Wildman–Crippen LogP) is 3.67. The molecular weight excluding hydrogens is 285 g/mol. The lowest BCUT2D eigenvalue weighted by molar-refractivity contribution is -0.0522. The molecule has 0 spiro atoms. The van der Waals surface area contributed by atoms with E-state index in [1.54, 1.807) is 12.1 Å². The van der Waals surface area contributed by atoms with Crippen LogP contribution in [-0.4, -0.2) is 6.61 Å². The van der Waals surface area contributed by atoms with Gasteiger partial charge in [0.25, 0.3) is 0 Å². The van der Waals surface area contributed by atoms with Crippen molar-refractivity contribution in [3.63, 3.8) is 0 Å². The van der Waals surface area contributed by atoms with Crippen LogP contribution in [0.3, 0.4) is 0 Å². The number of para-hydroxylation sites is 1. The van der Waals surface area contributed by atoms with Gasteiger partial charge < -0.3 is 15.2 Å². The summed E-state index contributed by atoms with van der Waals surface area (Å²) in [7, 11) is 0. The number of rotatable bonds is 4. The second kappa shape index (κ2) is 6.05. The maximum Gasteiger partial charge on any atom is 0.387 e. The van der Waals surface area contributed by atoms with Gasteiger partial charge in [0.05, 0.1) is 11.3 Å². The number of benzene rings is 2. The van der Waals surface area contributed by atoms with E-state index in [4.69, 9.17) is 15.7 Å². The lowest BCUT2D eigenvalue weighted by atomic mass is 10.2. The molecule has 21 heavy (non-hydrogen) atoms. The van der Waals surface area contributed by atoms with Crippen molar-refractivity contribution >= 4 is 5.69 Å². The number of nitrogens with zero attached hydrogens (tertiary/aromatic N) is 1. The van der Waals surface area contributed by atoms with E-state index in [2.05, 4.69) is 4.74 Å². The predicted molar refractivity (Wildman–Crippen MR) is 68.7 cm³/mol. The molecule has 0 amide bonds. The molecule has 7 heteroatoms. The molecule has 0 aliphatic carbocycles. The SMILES string of the molecule is N#Cc1ccccc1Oc1cc(OC(F)F)c(F)cc1N.